The van der Waals surface area contributed by atoms with Crippen molar-refractivity contribution in [2.75, 3.05) is 11.9 Å². The number of nitrogens with zero attached hydrogens (tertiary/aromatic N) is 3. The van der Waals surface area contributed by atoms with Gasteiger partial charge in [-0.1, -0.05) is 6.42 Å². The molecule has 1 unspecified atom stereocenters. The molecule has 104 valence electrons. The lowest BCUT2D eigenvalue weighted by molar-refractivity contribution is -0.137. The predicted octanol–water partition coefficient (Wildman–Crippen LogP) is 1.02. The number of aliphatic hydroxyl groups is 1. The lowest BCUT2D eigenvalue weighted by atomic mass is 10.2. The first-order valence-corrected chi connectivity index (χ1v) is 6.38. The standard InChI is InChI=1S/C12H18N4O3/c17-9-6-13-7-14-12-11(9)16(8-15-12)5-3-1-2-4-10(18)19/h7-9,17H,1-6H2,(H,13,14)(H,18,19). The Morgan fingerprint density at radius 1 is 1.47 bits per heavy atom. The van der Waals surface area contributed by atoms with Gasteiger partial charge in [0.05, 0.1) is 24.9 Å². The molecule has 2 rings (SSSR count). The Morgan fingerprint density at radius 3 is 3.11 bits per heavy atom. The summed E-state index contributed by atoms with van der Waals surface area (Å²) in [7, 11) is 0. The third kappa shape index (κ3) is 3.54. The van der Waals surface area contributed by atoms with Crippen molar-refractivity contribution >= 4 is 18.1 Å². The van der Waals surface area contributed by atoms with Crippen molar-refractivity contribution in [3.8, 4) is 0 Å². The Hall–Kier alpha value is -1.89. The number of anilines is 1. The Morgan fingerprint density at radius 2 is 2.32 bits per heavy atom. The van der Waals surface area contributed by atoms with E-state index in [1.807, 2.05) is 4.57 Å². The van der Waals surface area contributed by atoms with Crippen molar-refractivity contribution in [1.29, 1.82) is 0 Å². The fourth-order valence-corrected chi connectivity index (χ4v) is 2.11. The van der Waals surface area contributed by atoms with Gasteiger partial charge < -0.3 is 20.1 Å². The van der Waals surface area contributed by atoms with Crippen LogP contribution in [0.15, 0.2) is 11.3 Å². The van der Waals surface area contributed by atoms with E-state index in [4.69, 9.17) is 5.11 Å². The molecule has 0 spiro atoms. The van der Waals surface area contributed by atoms with E-state index in [9.17, 15) is 9.90 Å². The van der Waals surface area contributed by atoms with E-state index < -0.39 is 12.1 Å². The Balaban J connectivity index is 1.88. The number of hydrogen-bond acceptors (Lipinski definition) is 5. The monoisotopic (exact) mass is 266 g/mol. The number of aliphatic hydroxyl groups excluding tert-OH is 1. The molecule has 2 heterocycles. The number of imidazole rings is 1. The van der Waals surface area contributed by atoms with Crippen LogP contribution in [0.3, 0.4) is 0 Å². The maximum atomic E-state index is 10.4. The smallest absolute Gasteiger partial charge is 0.303 e. The van der Waals surface area contributed by atoms with Crippen LogP contribution in [-0.2, 0) is 11.3 Å². The van der Waals surface area contributed by atoms with E-state index in [-0.39, 0.29) is 6.42 Å². The van der Waals surface area contributed by atoms with E-state index in [1.54, 1.807) is 12.7 Å². The summed E-state index contributed by atoms with van der Waals surface area (Å²) in [6.45, 7) is 1.05. The summed E-state index contributed by atoms with van der Waals surface area (Å²) in [6, 6.07) is 0. The highest BCUT2D eigenvalue weighted by molar-refractivity contribution is 5.75. The van der Waals surface area contributed by atoms with Gasteiger partial charge in [0.2, 0.25) is 0 Å². The van der Waals surface area contributed by atoms with Gasteiger partial charge >= 0.3 is 5.97 Å². The van der Waals surface area contributed by atoms with Gasteiger partial charge in [0.25, 0.3) is 0 Å². The highest BCUT2D eigenvalue weighted by Gasteiger charge is 2.20. The van der Waals surface area contributed by atoms with Crippen LogP contribution < -0.4 is 5.32 Å². The first kappa shape index (κ1) is 13.5. The van der Waals surface area contributed by atoms with Crippen LogP contribution in [0.5, 0.6) is 0 Å². The first-order chi connectivity index (χ1) is 9.18. The number of fused-ring (bicyclic) bond motifs is 1. The summed E-state index contributed by atoms with van der Waals surface area (Å²) in [6.07, 6.45) is 5.18. The molecular formula is C12H18N4O3. The largest absolute Gasteiger partial charge is 0.481 e. The van der Waals surface area contributed by atoms with Crippen LogP contribution in [0.25, 0.3) is 0 Å². The highest BCUT2D eigenvalue weighted by atomic mass is 16.4. The van der Waals surface area contributed by atoms with Gasteiger partial charge in [0, 0.05) is 13.0 Å². The summed E-state index contributed by atoms with van der Waals surface area (Å²) in [5, 5.41) is 21.5. The third-order valence-corrected chi connectivity index (χ3v) is 3.05. The third-order valence-electron chi connectivity index (χ3n) is 3.05. The zero-order valence-electron chi connectivity index (χ0n) is 10.6. The molecule has 0 saturated carbocycles. The normalized spacial score (nSPS) is 17.6. The molecule has 7 heteroatoms. The number of hydrogen-bond donors (Lipinski definition) is 3. The molecule has 0 amide bonds. The number of nitrogens with one attached hydrogen (secondary N) is 1. The highest BCUT2D eigenvalue weighted by Crippen LogP contribution is 2.24. The molecule has 0 radical (unpaired) electrons. The molecule has 1 aliphatic rings. The number of carbonyl (C=O) groups is 1. The maximum Gasteiger partial charge on any atom is 0.303 e. The zero-order chi connectivity index (χ0) is 13.7. The van der Waals surface area contributed by atoms with Crippen molar-refractivity contribution in [3.05, 3.63) is 12.0 Å². The van der Waals surface area contributed by atoms with Gasteiger partial charge in [-0.15, -0.1) is 0 Å². The maximum absolute atomic E-state index is 10.4. The number of unbranched alkanes of at least 4 members (excludes halogenated alkanes) is 2. The molecule has 0 aliphatic carbocycles. The minimum Gasteiger partial charge on any atom is -0.481 e. The van der Waals surface area contributed by atoms with Gasteiger partial charge in [0.15, 0.2) is 5.82 Å². The lowest BCUT2D eigenvalue weighted by Crippen LogP contribution is -2.10. The Bertz CT molecular complexity index is 470. The number of aryl methyl sites for hydroxylation is 1. The van der Waals surface area contributed by atoms with Crippen LogP contribution in [0.1, 0.15) is 37.5 Å². The van der Waals surface area contributed by atoms with Crippen molar-refractivity contribution in [3.63, 3.8) is 0 Å². The number of rotatable bonds is 6. The first-order valence-electron chi connectivity index (χ1n) is 6.38. The topological polar surface area (TPSA) is 99.7 Å². The summed E-state index contributed by atoms with van der Waals surface area (Å²) in [5.41, 5.74) is 0.746. The van der Waals surface area contributed by atoms with Crippen LogP contribution in [0.4, 0.5) is 5.82 Å². The van der Waals surface area contributed by atoms with E-state index in [0.29, 0.717) is 18.8 Å². The molecular weight excluding hydrogens is 248 g/mol. The van der Waals surface area contributed by atoms with E-state index in [0.717, 1.165) is 25.1 Å². The van der Waals surface area contributed by atoms with E-state index in [2.05, 4.69) is 15.3 Å². The number of aromatic nitrogens is 2. The molecule has 0 fully saturated rings. The van der Waals surface area contributed by atoms with E-state index in [1.165, 1.54) is 0 Å². The van der Waals surface area contributed by atoms with Crippen molar-refractivity contribution < 1.29 is 15.0 Å². The fraction of sp³-hybridized carbons (Fsp3) is 0.583. The Kier molecular flexibility index (Phi) is 4.51. The van der Waals surface area contributed by atoms with Gasteiger partial charge in [-0.05, 0) is 12.8 Å². The average Bonchev–Trinajstić information content (AvgIpc) is 2.67. The van der Waals surface area contributed by atoms with Crippen molar-refractivity contribution in [1.82, 2.24) is 9.55 Å². The molecule has 0 bridgehead atoms. The predicted molar refractivity (Wildman–Crippen MR) is 70.3 cm³/mol. The number of aliphatic imine (C=N–C) groups is 1. The number of carboxylic acids is 1. The Labute approximate surface area is 111 Å². The van der Waals surface area contributed by atoms with Gasteiger partial charge in [-0.3, -0.25) is 9.79 Å². The molecule has 3 N–H and O–H groups in total. The molecule has 1 atom stereocenters. The number of carboxylic acid groups (broad SMARTS) is 1. The van der Waals surface area contributed by atoms with Gasteiger partial charge in [-0.25, -0.2) is 4.98 Å². The molecule has 7 nitrogen and oxygen atoms in total. The van der Waals surface area contributed by atoms with Crippen molar-refractivity contribution in [2.24, 2.45) is 4.99 Å². The van der Waals surface area contributed by atoms with Crippen LogP contribution in [0.2, 0.25) is 0 Å². The van der Waals surface area contributed by atoms with Crippen LogP contribution in [-0.4, -0.2) is 38.6 Å². The minimum atomic E-state index is -0.756. The second-order valence-electron chi connectivity index (χ2n) is 4.53. The second-order valence-corrected chi connectivity index (χ2v) is 4.53. The molecule has 1 aromatic rings. The number of aliphatic carboxylic acids is 1. The summed E-state index contributed by atoms with van der Waals surface area (Å²) >= 11 is 0. The SMILES string of the molecule is O=C(O)CCCCCn1cnc2c1C(O)CN=CN2. The average molecular weight is 266 g/mol. The molecule has 0 saturated heterocycles. The molecule has 1 aliphatic heterocycles. The zero-order valence-corrected chi connectivity index (χ0v) is 10.6. The summed E-state index contributed by atoms with van der Waals surface area (Å²) in [5.74, 6) is -0.118. The van der Waals surface area contributed by atoms with E-state index >= 15 is 0 Å². The second kappa shape index (κ2) is 6.33. The van der Waals surface area contributed by atoms with Crippen molar-refractivity contribution in [2.45, 2.75) is 38.3 Å². The van der Waals surface area contributed by atoms with Gasteiger partial charge in [-0.2, -0.15) is 0 Å². The molecule has 0 aromatic carbocycles. The minimum absolute atomic E-state index is 0.208. The van der Waals surface area contributed by atoms with Crippen LogP contribution in [0, 0.1) is 0 Å². The quantitative estimate of drug-likeness (QED) is 0.667. The fourth-order valence-electron chi connectivity index (χ4n) is 2.11. The summed E-state index contributed by atoms with van der Waals surface area (Å²) in [4.78, 5) is 18.6. The summed E-state index contributed by atoms with van der Waals surface area (Å²) < 4.78 is 1.91. The van der Waals surface area contributed by atoms with Gasteiger partial charge in [0.1, 0.15) is 6.10 Å². The lowest BCUT2D eigenvalue weighted by Gasteiger charge is -2.12. The van der Waals surface area contributed by atoms with Crippen LogP contribution >= 0.6 is 0 Å². The molecule has 19 heavy (non-hydrogen) atoms. The molecule has 1 aromatic heterocycles.